The van der Waals surface area contributed by atoms with Crippen molar-refractivity contribution in [3.8, 4) is 0 Å². The van der Waals surface area contributed by atoms with Crippen molar-refractivity contribution in [3.05, 3.63) is 69.0 Å². The number of hydrogen-bond acceptors (Lipinski definition) is 12. The number of nitrogens with zero attached hydrogens (tertiary/aromatic N) is 2. The largest absolute Gasteiger partial charge is 0.464 e. The molecule has 42 heavy (non-hydrogen) atoms. The van der Waals surface area contributed by atoms with E-state index in [0.29, 0.717) is 4.57 Å². The Balaban J connectivity index is 1.65. The van der Waals surface area contributed by atoms with Gasteiger partial charge in [-0.2, -0.15) is 4.57 Å². The zero-order valence-corrected chi connectivity index (χ0v) is 24.9. The second kappa shape index (κ2) is 13.1. The van der Waals surface area contributed by atoms with Crippen LogP contribution in [0, 0.1) is 0 Å². The first-order valence-electron chi connectivity index (χ1n) is 13.6. The maximum Gasteiger partial charge on any atom is 0.370 e. The molecule has 0 radical (unpaired) electrons. The van der Waals surface area contributed by atoms with Gasteiger partial charge in [-0.3, -0.25) is 18.7 Å². The van der Waals surface area contributed by atoms with E-state index in [4.69, 9.17) is 32.7 Å². The zero-order valence-electron chi connectivity index (χ0n) is 24.0. The highest BCUT2D eigenvalue weighted by atomic mass is 31.2. The van der Waals surface area contributed by atoms with Crippen LogP contribution < -0.4 is 11.2 Å². The maximum absolute atomic E-state index is 13.5. The molecule has 15 heteroatoms. The summed E-state index contributed by atoms with van der Waals surface area (Å²) >= 11 is 0. The van der Waals surface area contributed by atoms with Crippen molar-refractivity contribution < 1.29 is 46.9 Å². The number of hydrogen-bond donors (Lipinski definition) is 0. The van der Waals surface area contributed by atoms with E-state index in [-0.39, 0.29) is 32.0 Å². The topological polar surface area (TPSA) is 160 Å². The number of aromatic nitrogens is 2. The van der Waals surface area contributed by atoms with Gasteiger partial charge in [0.2, 0.25) is 0 Å². The van der Waals surface area contributed by atoms with Crippen molar-refractivity contribution in [2.45, 2.75) is 70.8 Å². The first-order valence-corrected chi connectivity index (χ1v) is 15.2. The van der Waals surface area contributed by atoms with Crippen LogP contribution >= 0.6 is 7.60 Å². The molecule has 2 aromatic rings. The Morgan fingerprint density at radius 1 is 0.976 bits per heavy atom. The fraction of sp³-hybridized carbons (Fsp3) is 0.556. The molecule has 2 saturated heterocycles. The molecule has 2 aliphatic rings. The highest BCUT2D eigenvalue weighted by molar-refractivity contribution is 7.55. The van der Waals surface area contributed by atoms with Crippen molar-refractivity contribution in [2.24, 2.45) is 0 Å². The summed E-state index contributed by atoms with van der Waals surface area (Å²) in [7, 11) is -4.11. The summed E-state index contributed by atoms with van der Waals surface area (Å²) in [4.78, 5) is 52.0. The normalized spacial score (nSPS) is 23.8. The van der Waals surface area contributed by atoms with Crippen molar-refractivity contribution in [3.63, 3.8) is 0 Å². The highest BCUT2D eigenvalue weighted by Crippen LogP contribution is 2.54. The van der Waals surface area contributed by atoms with E-state index in [1.165, 1.54) is 18.3 Å². The van der Waals surface area contributed by atoms with Gasteiger partial charge in [0.25, 0.3) is 17.3 Å². The smallest absolute Gasteiger partial charge is 0.370 e. The average molecular weight is 611 g/mol. The molecule has 230 valence electrons. The molecular formula is C27H35N2O12P. The molecule has 0 bridgehead atoms. The number of carbonyl (C=O) groups excluding carboxylic acids is 2. The van der Waals surface area contributed by atoms with E-state index in [1.54, 1.807) is 52.8 Å². The minimum Gasteiger partial charge on any atom is -0.464 e. The number of esters is 1. The molecule has 1 aromatic carbocycles. The minimum absolute atomic E-state index is 0.00485. The Bertz CT molecular complexity index is 1430. The van der Waals surface area contributed by atoms with Gasteiger partial charge < -0.3 is 32.7 Å². The van der Waals surface area contributed by atoms with Crippen LogP contribution in [-0.4, -0.2) is 77.4 Å². The summed E-state index contributed by atoms with van der Waals surface area (Å²) in [5.74, 6) is -4.57. The lowest BCUT2D eigenvalue weighted by molar-refractivity contribution is -0.204. The monoisotopic (exact) mass is 610 g/mol. The first-order chi connectivity index (χ1) is 20.0. The molecule has 14 nitrogen and oxygen atoms in total. The van der Waals surface area contributed by atoms with E-state index in [9.17, 15) is 23.7 Å². The molecule has 0 aliphatic carbocycles. The SMILES string of the molecule is CCOC(=O)C(OC[C@H]1O[C@@H](n2ccc(=O)n(C(=O)c3ccccc3)c2=O)[C@@H]2OC(C)(C)O[C@@H]21)P(=O)(OCC)OCC. The predicted octanol–water partition coefficient (Wildman–Crippen LogP) is 2.29. The van der Waals surface area contributed by atoms with Gasteiger partial charge in [-0.25, -0.2) is 9.59 Å². The Hall–Kier alpha value is -2.97. The van der Waals surface area contributed by atoms with Gasteiger partial charge in [-0.15, -0.1) is 0 Å². The quantitative estimate of drug-likeness (QED) is 0.255. The summed E-state index contributed by atoms with van der Waals surface area (Å²) in [6, 6.07) is 8.97. The summed E-state index contributed by atoms with van der Waals surface area (Å²) in [5.41, 5.74) is -1.62. The van der Waals surface area contributed by atoms with Crippen LogP contribution in [0.25, 0.3) is 0 Å². The number of ether oxygens (including phenoxy) is 5. The molecule has 0 saturated carbocycles. The van der Waals surface area contributed by atoms with Crippen LogP contribution in [0.2, 0.25) is 0 Å². The van der Waals surface area contributed by atoms with E-state index in [1.807, 2.05) is 0 Å². The maximum atomic E-state index is 13.5. The van der Waals surface area contributed by atoms with Crippen LogP contribution in [-0.2, 0) is 42.1 Å². The second-order valence-electron chi connectivity index (χ2n) is 9.79. The van der Waals surface area contributed by atoms with Gasteiger partial charge in [-0.1, -0.05) is 18.2 Å². The Morgan fingerprint density at radius 2 is 1.62 bits per heavy atom. The van der Waals surface area contributed by atoms with Gasteiger partial charge in [0.05, 0.1) is 26.4 Å². The summed E-state index contributed by atoms with van der Waals surface area (Å²) in [6.07, 6.45) is -2.59. The molecule has 5 atom stereocenters. The summed E-state index contributed by atoms with van der Waals surface area (Å²) in [6.45, 7) is 7.71. The van der Waals surface area contributed by atoms with Crippen molar-refractivity contribution in [2.75, 3.05) is 26.4 Å². The average Bonchev–Trinajstić information content (AvgIpc) is 3.42. The fourth-order valence-electron chi connectivity index (χ4n) is 4.82. The molecular weight excluding hydrogens is 575 g/mol. The standard InChI is InChI=1S/C27H35N2O12P/c1-6-35-24(32)25(42(34,37-7-2)38-8-3)36-16-18-20-21(41-27(4,5)40-20)23(39-18)28-15-14-19(30)29(26(28)33)22(31)17-12-10-9-11-13-17/h9-15,18,20-21,23,25H,6-8,16H2,1-5H3/t18-,20-,21-,23-,25?/m1/s1. The van der Waals surface area contributed by atoms with Crippen LogP contribution in [0.5, 0.6) is 0 Å². The number of fused-ring (bicyclic) bond motifs is 1. The van der Waals surface area contributed by atoms with Gasteiger partial charge in [0.15, 0.2) is 12.0 Å². The van der Waals surface area contributed by atoms with Gasteiger partial charge in [0, 0.05) is 17.8 Å². The minimum atomic E-state index is -4.11. The van der Waals surface area contributed by atoms with E-state index >= 15 is 0 Å². The molecule has 4 rings (SSSR count). The third-order valence-electron chi connectivity index (χ3n) is 6.45. The third kappa shape index (κ3) is 6.50. The lowest BCUT2D eigenvalue weighted by Gasteiger charge is -2.27. The number of carbonyl (C=O) groups is 2. The molecule has 0 amide bonds. The summed E-state index contributed by atoms with van der Waals surface area (Å²) in [5, 5.41) is 0. The Morgan fingerprint density at radius 3 is 2.24 bits per heavy atom. The molecule has 1 unspecified atom stereocenters. The van der Waals surface area contributed by atoms with Crippen LogP contribution in [0.1, 0.15) is 51.2 Å². The predicted molar refractivity (Wildman–Crippen MR) is 146 cm³/mol. The van der Waals surface area contributed by atoms with Crippen LogP contribution in [0.3, 0.4) is 0 Å². The molecule has 2 fully saturated rings. The van der Waals surface area contributed by atoms with Gasteiger partial charge in [0.1, 0.15) is 18.3 Å². The molecule has 0 spiro atoms. The Kier molecular flexibility index (Phi) is 9.99. The third-order valence-corrected chi connectivity index (χ3v) is 8.62. The second-order valence-corrected chi connectivity index (χ2v) is 11.9. The number of benzene rings is 1. The van der Waals surface area contributed by atoms with Gasteiger partial charge >= 0.3 is 19.3 Å². The molecule has 3 heterocycles. The van der Waals surface area contributed by atoms with E-state index < -0.39 is 66.9 Å². The lowest BCUT2D eigenvalue weighted by atomic mass is 10.1. The van der Waals surface area contributed by atoms with E-state index in [2.05, 4.69) is 0 Å². The molecule has 2 aliphatic heterocycles. The number of rotatable bonds is 12. The summed E-state index contributed by atoms with van der Waals surface area (Å²) < 4.78 is 54.8. The molecule has 1 aromatic heterocycles. The van der Waals surface area contributed by atoms with Crippen molar-refractivity contribution in [1.29, 1.82) is 0 Å². The van der Waals surface area contributed by atoms with Gasteiger partial charge in [-0.05, 0) is 46.8 Å². The van der Waals surface area contributed by atoms with E-state index in [0.717, 1.165) is 10.6 Å². The molecule has 0 N–H and O–H groups in total. The first kappa shape index (κ1) is 32.0. The Labute approximate surface area is 241 Å². The highest BCUT2D eigenvalue weighted by Gasteiger charge is 2.57. The lowest BCUT2D eigenvalue weighted by Crippen LogP contribution is -2.46. The zero-order chi connectivity index (χ0) is 30.7. The van der Waals surface area contributed by atoms with Crippen molar-refractivity contribution >= 4 is 19.5 Å². The van der Waals surface area contributed by atoms with Crippen LogP contribution in [0.15, 0.2) is 52.2 Å². The van der Waals surface area contributed by atoms with Crippen LogP contribution in [0.4, 0.5) is 0 Å². The van der Waals surface area contributed by atoms with Crippen molar-refractivity contribution in [1.82, 2.24) is 9.13 Å². The fourth-order valence-corrected chi connectivity index (χ4v) is 6.49.